The third-order valence-electron chi connectivity index (χ3n) is 21.8. The summed E-state index contributed by atoms with van der Waals surface area (Å²) in [5.41, 5.74) is 14.5. The SMILES string of the molecule is CC1(C)OB(c2ccccc2)OC1(C)C.Clc1nc(-c2cccc(-n3c4ccccc4c4c5ccccc5c5sc6ccccc6c5c43)c2)c2sc3ccccc3c2n1.c1ccc(-c2nc(-c3cccc(-n4c5ccccc5c5c6ccccc6c6sc7ccccc7c6c54)c3)c3sc4ccccc4c3n2)cc1. The first kappa shape index (κ1) is 64.9. The summed E-state index contributed by atoms with van der Waals surface area (Å²) in [6, 6.07) is 108. The third-order valence-corrected chi connectivity index (χ3v) is 26.7. The summed E-state index contributed by atoms with van der Waals surface area (Å²) >= 11 is 13.8. The molecule has 1 aliphatic rings. The maximum atomic E-state index is 6.57. The van der Waals surface area contributed by atoms with Gasteiger partial charge in [-0.25, -0.2) is 19.9 Å². The average molecular weight is 1480 g/mol. The molecule has 514 valence electrons. The number of para-hydroxylation sites is 2. The van der Waals surface area contributed by atoms with E-state index >= 15 is 0 Å². The minimum absolute atomic E-state index is 0.240. The lowest BCUT2D eigenvalue weighted by atomic mass is 9.79. The highest BCUT2D eigenvalue weighted by molar-refractivity contribution is 7.28. The van der Waals surface area contributed by atoms with Crippen LogP contribution in [0.5, 0.6) is 0 Å². The molecule has 14 aromatic carbocycles. The Morgan fingerprint density at radius 1 is 0.315 bits per heavy atom. The molecular formula is C94H62BClN6O2S4. The number of halogens is 1. The third kappa shape index (κ3) is 10.3. The zero-order valence-electron chi connectivity index (χ0n) is 59.0. The molecule has 0 N–H and O–H groups in total. The Bertz CT molecular complexity index is 7430. The first-order valence-electron chi connectivity index (χ1n) is 36.2. The van der Waals surface area contributed by atoms with Gasteiger partial charge in [-0.15, -0.1) is 45.3 Å². The van der Waals surface area contributed by atoms with Crippen molar-refractivity contribution in [2.45, 2.75) is 38.9 Å². The summed E-state index contributed by atoms with van der Waals surface area (Å²) in [6.07, 6.45) is 0. The molecule has 108 heavy (non-hydrogen) atoms. The van der Waals surface area contributed by atoms with Gasteiger partial charge in [0.2, 0.25) is 5.28 Å². The van der Waals surface area contributed by atoms with E-state index in [1.807, 2.05) is 65.1 Å². The van der Waals surface area contributed by atoms with Crippen molar-refractivity contribution < 1.29 is 9.31 Å². The number of aromatic nitrogens is 6. The smallest absolute Gasteiger partial charge is 0.399 e. The predicted octanol–water partition coefficient (Wildman–Crippen LogP) is 26.6. The molecule has 23 rings (SSSR count). The van der Waals surface area contributed by atoms with E-state index in [4.69, 9.17) is 35.9 Å². The first-order valence-corrected chi connectivity index (χ1v) is 39.8. The highest BCUT2D eigenvalue weighted by atomic mass is 35.5. The zero-order chi connectivity index (χ0) is 72.1. The molecule has 22 aromatic rings. The van der Waals surface area contributed by atoms with E-state index in [1.54, 1.807) is 22.7 Å². The van der Waals surface area contributed by atoms with E-state index in [2.05, 4.69) is 303 Å². The summed E-state index contributed by atoms with van der Waals surface area (Å²) < 4.78 is 26.6. The van der Waals surface area contributed by atoms with Gasteiger partial charge in [0, 0.05) is 121 Å². The molecule has 0 atom stereocenters. The fraction of sp³-hybridized carbons (Fsp3) is 0.0638. The summed E-state index contributed by atoms with van der Waals surface area (Å²) in [6.45, 7) is 8.26. The van der Waals surface area contributed by atoms with Crippen LogP contribution in [0.4, 0.5) is 0 Å². The van der Waals surface area contributed by atoms with Crippen LogP contribution < -0.4 is 5.46 Å². The molecule has 0 unspecified atom stereocenters. The van der Waals surface area contributed by atoms with Crippen molar-refractivity contribution >= 4 is 216 Å². The number of rotatable bonds is 6. The molecule has 1 saturated heterocycles. The largest absolute Gasteiger partial charge is 0.494 e. The molecular weight excluding hydrogens is 1420 g/mol. The number of nitrogens with zero attached hydrogens (tertiary/aromatic N) is 6. The number of hydrogen-bond acceptors (Lipinski definition) is 10. The van der Waals surface area contributed by atoms with Crippen LogP contribution in [0.25, 0.3) is 191 Å². The van der Waals surface area contributed by atoms with Crippen molar-refractivity contribution in [3.63, 3.8) is 0 Å². The fourth-order valence-corrected chi connectivity index (χ4v) is 21.2. The van der Waals surface area contributed by atoms with Crippen LogP contribution in [0.3, 0.4) is 0 Å². The maximum Gasteiger partial charge on any atom is 0.494 e. The highest BCUT2D eigenvalue weighted by Crippen LogP contribution is 2.52. The van der Waals surface area contributed by atoms with Crippen LogP contribution in [-0.2, 0) is 9.31 Å². The molecule has 0 radical (unpaired) electrons. The van der Waals surface area contributed by atoms with Crippen molar-refractivity contribution in [3.05, 3.63) is 309 Å². The van der Waals surface area contributed by atoms with Crippen LogP contribution in [0, 0.1) is 0 Å². The van der Waals surface area contributed by atoms with Gasteiger partial charge in [0.15, 0.2) is 5.82 Å². The molecule has 14 heteroatoms. The number of benzene rings is 14. The highest BCUT2D eigenvalue weighted by Gasteiger charge is 2.51. The monoisotopic (exact) mass is 1480 g/mol. The van der Waals surface area contributed by atoms with Crippen LogP contribution in [0.15, 0.2) is 303 Å². The van der Waals surface area contributed by atoms with Gasteiger partial charge in [-0.05, 0) is 116 Å². The summed E-state index contributed by atoms with van der Waals surface area (Å²) in [5, 5.41) is 18.0. The maximum absolute atomic E-state index is 6.57. The van der Waals surface area contributed by atoms with E-state index in [1.165, 1.54) is 120 Å². The van der Waals surface area contributed by atoms with E-state index in [0.717, 1.165) is 76.6 Å². The van der Waals surface area contributed by atoms with Crippen molar-refractivity contribution in [2.75, 3.05) is 0 Å². The topological polar surface area (TPSA) is 79.9 Å². The van der Waals surface area contributed by atoms with Gasteiger partial charge in [0.25, 0.3) is 0 Å². The molecule has 0 bridgehead atoms. The molecule has 1 fully saturated rings. The normalized spacial score (nSPS) is 13.7. The Morgan fingerprint density at radius 3 is 1.16 bits per heavy atom. The fourth-order valence-electron chi connectivity index (χ4n) is 16.2. The van der Waals surface area contributed by atoms with Gasteiger partial charge in [0.1, 0.15) is 0 Å². The number of thiophene rings is 4. The van der Waals surface area contributed by atoms with Crippen molar-refractivity contribution in [1.82, 2.24) is 29.1 Å². The summed E-state index contributed by atoms with van der Waals surface area (Å²) in [4.78, 5) is 19.9. The van der Waals surface area contributed by atoms with Crippen molar-refractivity contribution in [3.8, 4) is 45.3 Å². The Kier molecular flexibility index (Phi) is 15.2. The van der Waals surface area contributed by atoms with E-state index in [-0.39, 0.29) is 23.6 Å². The van der Waals surface area contributed by atoms with Gasteiger partial charge in [0.05, 0.1) is 65.1 Å². The van der Waals surface area contributed by atoms with Gasteiger partial charge < -0.3 is 18.4 Å². The lowest BCUT2D eigenvalue weighted by Crippen LogP contribution is -2.41. The molecule has 0 saturated carbocycles. The van der Waals surface area contributed by atoms with Gasteiger partial charge >= 0.3 is 7.12 Å². The predicted molar refractivity (Wildman–Crippen MR) is 463 cm³/mol. The molecule has 8 aromatic heterocycles. The van der Waals surface area contributed by atoms with Crippen molar-refractivity contribution in [2.24, 2.45) is 0 Å². The minimum Gasteiger partial charge on any atom is -0.399 e. The first-order chi connectivity index (χ1) is 53.0. The Balaban J connectivity index is 0.000000116. The van der Waals surface area contributed by atoms with Crippen LogP contribution in [0.2, 0.25) is 5.28 Å². The Morgan fingerprint density at radius 2 is 0.676 bits per heavy atom. The molecule has 9 heterocycles. The molecule has 0 aliphatic carbocycles. The molecule has 8 nitrogen and oxygen atoms in total. The molecule has 1 aliphatic heterocycles. The second-order valence-corrected chi connectivity index (χ2v) is 33.1. The summed E-state index contributed by atoms with van der Waals surface area (Å²) in [7, 11) is -0.240. The summed E-state index contributed by atoms with van der Waals surface area (Å²) in [5.74, 6) is 0.742. The van der Waals surface area contributed by atoms with E-state index in [9.17, 15) is 0 Å². The van der Waals surface area contributed by atoms with Gasteiger partial charge in [-0.2, -0.15) is 0 Å². The van der Waals surface area contributed by atoms with Crippen LogP contribution in [-0.4, -0.2) is 47.4 Å². The lowest BCUT2D eigenvalue weighted by Gasteiger charge is -2.32. The minimum atomic E-state index is -0.256. The Labute approximate surface area is 641 Å². The second kappa shape index (κ2) is 25.3. The standard InChI is InChI=1S/C44H25N3S2.C38H20ClN3S2.C12H17BO2/c1-2-13-26(14-3-1)44-45-39(43-40(46-44)33-21-8-11-24-36(33)49-43)27-15-12-16-28(25-27)47-34-22-9-6-19-31(34)37-29-17-4-5-18-30(29)42-38(41(37)47)32-20-7-10-23-35(32)48-42;39-38-40-33(37-34(41-38)27-16-5-8-19-30(27)44-37)21-10-9-11-22(20-21)42-28-17-6-3-14-25(28)31-23-12-1-2-13-24(23)36-32(35(31)42)26-15-4-7-18-29(26)43-36;1-11(2)12(3,4)15-13(14-11)10-8-6-5-7-9-10/h1-25H;1-20H;5-9H,1-4H3. The average Bonchev–Trinajstić information content (AvgIpc) is 1.54. The van der Waals surface area contributed by atoms with Gasteiger partial charge in [-0.1, -0.05) is 243 Å². The van der Waals surface area contributed by atoms with Crippen LogP contribution in [0.1, 0.15) is 27.7 Å². The molecule has 0 amide bonds. The number of hydrogen-bond donors (Lipinski definition) is 0. The van der Waals surface area contributed by atoms with E-state index < -0.39 is 0 Å². The van der Waals surface area contributed by atoms with Crippen molar-refractivity contribution in [1.29, 1.82) is 0 Å². The lowest BCUT2D eigenvalue weighted by molar-refractivity contribution is 0.00578. The zero-order valence-corrected chi connectivity index (χ0v) is 63.0. The van der Waals surface area contributed by atoms with E-state index in [0.29, 0.717) is 0 Å². The quantitative estimate of drug-likeness (QED) is 0.122. The molecule has 0 spiro atoms. The van der Waals surface area contributed by atoms with Crippen LogP contribution >= 0.6 is 56.9 Å². The Hall–Kier alpha value is -11.5. The second-order valence-electron chi connectivity index (χ2n) is 28.6. The van der Waals surface area contributed by atoms with Gasteiger partial charge in [-0.3, -0.25) is 0 Å². The number of fused-ring (bicyclic) bond motifs is 26.